The largest absolute Gasteiger partial charge is 0.300 e. The van der Waals surface area contributed by atoms with Gasteiger partial charge in [0.05, 0.1) is 11.0 Å². The second-order valence-electron chi connectivity index (χ2n) is 7.08. The molecule has 0 N–H and O–H groups in total. The van der Waals surface area contributed by atoms with Crippen LogP contribution in [0.1, 0.15) is 16.7 Å². The van der Waals surface area contributed by atoms with Crippen molar-refractivity contribution in [3.63, 3.8) is 0 Å². The molecule has 3 aromatic rings. The van der Waals surface area contributed by atoms with E-state index in [2.05, 4.69) is 70.3 Å². The maximum atomic E-state index is 4.53. The fourth-order valence-electron chi connectivity index (χ4n) is 3.82. The van der Waals surface area contributed by atoms with Gasteiger partial charge in [0.25, 0.3) is 0 Å². The lowest BCUT2D eigenvalue weighted by atomic mass is 9.94. The van der Waals surface area contributed by atoms with Gasteiger partial charge >= 0.3 is 0 Å². The SMILES string of the molecule is CN(Cc1cccc2nccnc12)C[C@H]1Cc2ccccc2CN1C. The summed E-state index contributed by atoms with van der Waals surface area (Å²) in [6.45, 7) is 2.97. The van der Waals surface area contributed by atoms with Crippen molar-refractivity contribution < 1.29 is 0 Å². The molecule has 2 heterocycles. The zero-order valence-corrected chi connectivity index (χ0v) is 14.9. The Labute approximate surface area is 149 Å². The van der Waals surface area contributed by atoms with E-state index >= 15 is 0 Å². The lowest BCUT2D eigenvalue weighted by molar-refractivity contribution is 0.159. The molecule has 4 rings (SSSR count). The molecule has 128 valence electrons. The van der Waals surface area contributed by atoms with Gasteiger partial charge in [0.1, 0.15) is 0 Å². The summed E-state index contributed by atoms with van der Waals surface area (Å²) in [7, 11) is 4.43. The summed E-state index contributed by atoms with van der Waals surface area (Å²) in [5.74, 6) is 0. The molecule has 1 aliphatic heterocycles. The average molecular weight is 332 g/mol. The summed E-state index contributed by atoms with van der Waals surface area (Å²) >= 11 is 0. The van der Waals surface area contributed by atoms with Gasteiger partial charge in [0.15, 0.2) is 0 Å². The van der Waals surface area contributed by atoms with Crippen molar-refractivity contribution in [3.05, 3.63) is 71.5 Å². The van der Waals surface area contributed by atoms with Crippen LogP contribution in [0.25, 0.3) is 11.0 Å². The van der Waals surface area contributed by atoms with Gasteiger partial charge in [-0.1, -0.05) is 36.4 Å². The van der Waals surface area contributed by atoms with E-state index in [0.717, 1.165) is 37.1 Å². The number of para-hydroxylation sites is 1. The highest BCUT2D eigenvalue weighted by Gasteiger charge is 2.24. The van der Waals surface area contributed by atoms with Crippen LogP contribution in [-0.2, 0) is 19.5 Å². The summed E-state index contributed by atoms with van der Waals surface area (Å²) in [5, 5.41) is 0. The number of likely N-dealkylation sites (N-methyl/N-ethyl adjacent to an activating group) is 2. The Balaban J connectivity index is 1.48. The van der Waals surface area contributed by atoms with Gasteiger partial charge in [0.2, 0.25) is 0 Å². The minimum Gasteiger partial charge on any atom is -0.300 e. The van der Waals surface area contributed by atoms with Gasteiger partial charge in [0, 0.05) is 38.1 Å². The number of aromatic nitrogens is 2. The predicted molar refractivity (Wildman–Crippen MR) is 101 cm³/mol. The van der Waals surface area contributed by atoms with Crippen molar-refractivity contribution >= 4 is 11.0 Å². The van der Waals surface area contributed by atoms with Crippen molar-refractivity contribution in [1.29, 1.82) is 0 Å². The molecule has 0 bridgehead atoms. The van der Waals surface area contributed by atoms with Crippen LogP contribution < -0.4 is 0 Å². The van der Waals surface area contributed by atoms with Crippen LogP contribution in [-0.4, -0.2) is 46.4 Å². The Kier molecular flexibility index (Phi) is 4.47. The third-order valence-electron chi connectivity index (χ3n) is 5.16. The van der Waals surface area contributed by atoms with Gasteiger partial charge < -0.3 is 4.90 Å². The van der Waals surface area contributed by atoms with Gasteiger partial charge in [-0.3, -0.25) is 14.9 Å². The molecule has 0 saturated heterocycles. The number of nitrogens with zero attached hydrogens (tertiary/aromatic N) is 4. The number of hydrogen-bond donors (Lipinski definition) is 0. The van der Waals surface area contributed by atoms with Gasteiger partial charge in [-0.15, -0.1) is 0 Å². The first-order valence-electron chi connectivity index (χ1n) is 8.85. The molecule has 0 amide bonds. The molecule has 2 aromatic carbocycles. The fourth-order valence-corrected chi connectivity index (χ4v) is 3.82. The first kappa shape index (κ1) is 16.2. The first-order valence-corrected chi connectivity index (χ1v) is 8.85. The van der Waals surface area contributed by atoms with Crippen LogP contribution in [0, 0.1) is 0 Å². The van der Waals surface area contributed by atoms with Gasteiger partial charge in [-0.2, -0.15) is 0 Å². The number of hydrogen-bond acceptors (Lipinski definition) is 4. The fraction of sp³-hybridized carbons (Fsp3) is 0.333. The second-order valence-corrected chi connectivity index (χ2v) is 7.08. The minimum atomic E-state index is 0.543. The van der Waals surface area contributed by atoms with Crippen molar-refractivity contribution in [2.24, 2.45) is 0 Å². The maximum Gasteiger partial charge on any atom is 0.0931 e. The first-order chi connectivity index (χ1) is 12.2. The number of rotatable bonds is 4. The van der Waals surface area contributed by atoms with E-state index in [4.69, 9.17) is 0 Å². The summed E-state index contributed by atoms with van der Waals surface area (Å²) < 4.78 is 0. The van der Waals surface area contributed by atoms with Crippen LogP contribution in [0.15, 0.2) is 54.9 Å². The van der Waals surface area contributed by atoms with Gasteiger partial charge in [-0.05, 0) is 43.3 Å². The quantitative estimate of drug-likeness (QED) is 0.735. The van der Waals surface area contributed by atoms with Crippen LogP contribution in [0.3, 0.4) is 0 Å². The molecule has 1 atom stereocenters. The standard InChI is InChI=1S/C21H24N4/c1-24(13-18-8-5-9-20-21(18)23-11-10-22-20)15-19-12-16-6-3-4-7-17(16)14-25(19)2/h3-11,19H,12-15H2,1-2H3/t19-/m1/s1. The lowest BCUT2D eigenvalue weighted by Crippen LogP contribution is -2.44. The van der Waals surface area contributed by atoms with Crippen molar-refractivity contribution in [2.75, 3.05) is 20.6 Å². The monoisotopic (exact) mass is 332 g/mol. The van der Waals surface area contributed by atoms with E-state index in [1.165, 1.54) is 16.7 Å². The molecule has 0 spiro atoms. The van der Waals surface area contributed by atoms with Crippen LogP contribution in [0.2, 0.25) is 0 Å². The van der Waals surface area contributed by atoms with E-state index in [-0.39, 0.29) is 0 Å². The smallest absolute Gasteiger partial charge is 0.0931 e. The number of benzene rings is 2. The summed E-state index contributed by atoms with van der Waals surface area (Å²) in [5.41, 5.74) is 6.19. The van der Waals surface area contributed by atoms with E-state index in [1.54, 1.807) is 12.4 Å². The molecule has 0 saturated carbocycles. The molecule has 25 heavy (non-hydrogen) atoms. The van der Waals surface area contributed by atoms with E-state index in [0.29, 0.717) is 6.04 Å². The second kappa shape index (κ2) is 6.90. The van der Waals surface area contributed by atoms with Crippen LogP contribution in [0.5, 0.6) is 0 Å². The highest BCUT2D eigenvalue weighted by atomic mass is 15.2. The highest BCUT2D eigenvalue weighted by Crippen LogP contribution is 2.23. The Morgan fingerprint density at radius 2 is 1.84 bits per heavy atom. The number of fused-ring (bicyclic) bond motifs is 2. The Hall–Kier alpha value is -2.30. The lowest BCUT2D eigenvalue weighted by Gasteiger charge is -2.36. The maximum absolute atomic E-state index is 4.53. The third kappa shape index (κ3) is 3.41. The average Bonchev–Trinajstić information content (AvgIpc) is 2.63. The highest BCUT2D eigenvalue weighted by molar-refractivity contribution is 5.77. The molecule has 0 fully saturated rings. The topological polar surface area (TPSA) is 32.3 Å². The van der Waals surface area contributed by atoms with Crippen molar-refractivity contribution in [1.82, 2.24) is 19.8 Å². The molecule has 0 unspecified atom stereocenters. The summed E-state index contributed by atoms with van der Waals surface area (Å²) in [6.07, 6.45) is 4.65. The molecule has 4 nitrogen and oxygen atoms in total. The third-order valence-corrected chi connectivity index (χ3v) is 5.16. The minimum absolute atomic E-state index is 0.543. The molecule has 4 heteroatoms. The predicted octanol–water partition coefficient (Wildman–Crippen LogP) is 3.12. The Bertz CT molecular complexity index is 871. The van der Waals surface area contributed by atoms with Gasteiger partial charge in [-0.25, -0.2) is 0 Å². The van der Waals surface area contributed by atoms with E-state index in [1.807, 2.05) is 6.07 Å². The summed E-state index contributed by atoms with van der Waals surface area (Å²) in [4.78, 5) is 13.8. The zero-order chi connectivity index (χ0) is 17.2. The molecule has 0 aliphatic carbocycles. The van der Waals surface area contributed by atoms with E-state index < -0.39 is 0 Å². The summed E-state index contributed by atoms with van der Waals surface area (Å²) in [6, 6.07) is 15.6. The molecule has 1 aromatic heterocycles. The van der Waals surface area contributed by atoms with Crippen LogP contribution in [0.4, 0.5) is 0 Å². The molecular weight excluding hydrogens is 308 g/mol. The molecule has 0 radical (unpaired) electrons. The Morgan fingerprint density at radius 3 is 2.72 bits per heavy atom. The Morgan fingerprint density at radius 1 is 1.04 bits per heavy atom. The van der Waals surface area contributed by atoms with Crippen LogP contribution >= 0.6 is 0 Å². The molecular formula is C21H24N4. The normalized spacial score (nSPS) is 17.8. The van der Waals surface area contributed by atoms with Crippen molar-refractivity contribution in [3.8, 4) is 0 Å². The molecule has 1 aliphatic rings. The zero-order valence-electron chi connectivity index (χ0n) is 14.9. The van der Waals surface area contributed by atoms with Crippen molar-refractivity contribution in [2.45, 2.75) is 25.6 Å². The van der Waals surface area contributed by atoms with E-state index in [9.17, 15) is 0 Å².